The molecule has 16 heavy (non-hydrogen) atoms. The number of rotatable bonds is 7. The van der Waals surface area contributed by atoms with Crippen molar-refractivity contribution in [2.24, 2.45) is 5.41 Å². The summed E-state index contributed by atoms with van der Waals surface area (Å²) in [6, 6.07) is 0.508. The fraction of sp³-hybridized carbons (Fsp3) is 1.00. The SMILES string of the molecule is CCOC1CC(NCC(C)O)C1(CC)CC. The zero-order valence-corrected chi connectivity index (χ0v) is 11.1. The second-order valence-corrected chi connectivity index (χ2v) is 4.93. The van der Waals surface area contributed by atoms with Gasteiger partial charge in [-0.1, -0.05) is 13.8 Å². The molecule has 0 heterocycles. The van der Waals surface area contributed by atoms with E-state index in [2.05, 4.69) is 26.1 Å². The minimum Gasteiger partial charge on any atom is -0.392 e. The quantitative estimate of drug-likeness (QED) is 0.701. The second kappa shape index (κ2) is 5.99. The van der Waals surface area contributed by atoms with Crippen molar-refractivity contribution in [2.45, 2.75) is 65.2 Å². The van der Waals surface area contributed by atoms with E-state index in [0.29, 0.717) is 18.7 Å². The van der Waals surface area contributed by atoms with Crippen LogP contribution in [-0.2, 0) is 4.74 Å². The largest absolute Gasteiger partial charge is 0.392 e. The molecule has 1 fully saturated rings. The van der Waals surface area contributed by atoms with Crippen molar-refractivity contribution in [3.63, 3.8) is 0 Å². The van der Waals surface area contributed by atoms with E-state index in [9.17, 15) is 5.11 Å². The highest BCUT2D eigenvalue weighted by Crippen LogP contribution is 2.48. The van der Waals surface area contributed by atoms with Crippen LogP contribution < -0.4 is 5.32 Å². The molecule has 3 heteroatoms. The van der Waals surface area contributed by atoms with Crippen molar-refractivity contribution in [1.82, 2.24) is 5.32 Å². The van der Waals surface area contributed by atoms with E-state index in [1.807, 2.05) is 6.92 Å². The van der Waals surface area contributed by atoms with Crippen LogP contribution in [0.2, 0.25) is 0 Å². The Kier molecular flexibility index (Phi) is 5.22. The Hall–Kier alpha value is -0.120. The Morgan fingerprint density at radius 3 is 2.44 bits per heavy atom. The van der Waals surface area contributed by atoms with Gasteiger partial charge in [0.05, 0.1) is 12.2 Å². The van der Waals surface area contributed by atoms with Gasteiger partial charge in [-0.25, -0.2) is 0 Å². The van der Waals surface area contributed by atoms with E-state index in [0.717, 1.165) is 25.9 Å². The first-order valence-corrected chi connectivity index (χ1v) is 6.63. The Bertz CT molecular complexity index is 202. The van der Waals surface area contributed by atoms with Crippen LogP contribution >= 0.6 is 0 Å². The van der Waals surface area contributed by atoms with E-state index in [1.165, 1.54) is 0 Å². The normalized spacial score (nSPS) is 29.8. The minimum absolute atomic E-state index is 0.266. The van der Waals surface area contributed by atoms with Crippen molar-refractivity contribution >= 4 is 0 Å². The minimum atomic E-state index is -0.266. The summed E-state index contributed by atoms with van der Waals surface area (Å²) in [5.74, 6) is 0. The molecule has 1 aliphatic carbocycles. The third-order valence-electron chi connectivity index (χ3n) is 4.13. The lowest BCUT2D eigenvalue weighted by molar-refractivity contribution is -0.138. The van der Waals surface area contributed by atoms with Gasteiger partial charge in [0, 0.05) is 24.6 Å². The molecule has 3 atom stereocenters. The Morgan fingerprint density at radius 2 is 2.00 bits per heavy atom. The van der Waals surface area contributed by atoms with Crippen molar-refractivity contribution < 1.29 is 9.84 Å². The summed E-state index contributed by atoms with van der Waals surface area (Å²) in [7, 11) is 0. The van der Waals surface area contributed by atoms with Crippen LogP contribution in [0.15, 0.2) is 0 Å². The highest BCUT2D eigenvalue weighted by atomic mass is 16.5. The summed E-state index contributed by atoms with van der Waals surface area (Å²) in [4.78, 5) is 0. The number of ether oxygens (including phenoxy) is 1. The molecule has 0 saturated heterocycles. The van der Waals surface area contributed by atoms with Gasteiger partial charge in [-0.2, -0.15) is 0 Å². The molecule has 96 valence electrons. The maximum atomic E-state index is 9.31. The second-order valence-electron chi connectivity index (χ2n) is 4.93. The van der Waals surface area contributed by atoms with E-state index in [4.69, 9.17) is 4.74 Å². The smallest absolute Gasteiger partial charge is 0.0660 e. The lowest BCUT2D eigenvalue weighted by atomic mass is 9.58. The predicted octanol–water partition coefficient (Wildman–Crippen LogP) is 1.94. The lowest BCUT2D eigenvalue weighted by Crippen LogP contribution is -2.64. The number of nitrogens with one attached hydrogen (secondary N) is 1. The van der Waals surface area contributed by atoms with Gasteiger partial charge < -0.3 is 15.2 Å². The molecule has 0 aromatic rings. The molecule has 0 aromatic carbocycles. The van der Waals surface area contributed by atoms with E-state index in [-0.39, 0.29) is 11.5 Å². The molecule has 0 bridgehead atoms. The summed E-state index contributed by atoms with van der Waals surface area (Å²) in [5.41, 5.74) is 0.283. The Morgan fingerprint density at radius 1 is 1.38 bits per heavy atom. The van der Waals surface area contributed by atoms with Gasteiger partial charge in [0.1, 0.15) is 0 Å². The van der Waals surface area contributed by atoms with Crippen LogP contribution in [0.4, 0.5) is 0 Å². The van der Waals surface area contributed by atoms with E-state index in [1.54, 1.807) is 0 Å². The van der Waals surface area contributed by atoms with Gasteiger partial charge in [-0.3, -0.25) is 0 Å². The van der Waals surface area contributed by atoms with Gasteiger partial charge in [0.25, 0.3) is 0 Å². The summed E-state index contributed by atoms with van der Waals surface area (Å²) < 4.78 is 5.81. The lowest BCUT2D eigenvalue weighted by Gasteiger charge is -2.55. The average Bonchev–Trinajstić information content (AvgIpc) is 2.24. The molecule has 3 unspecified atom stereocenters. The highest BCUT2D eigenvalue weighted by molar-refractivity contribution is 5.06. The Balaban J connectivity index is 2.53. The molecule has 3 nitrogen and oxygen atoms in total. The van der Waals surface area contributed by atoms with Gasteiger partial charge in [0.2, 0.25) is 0 Å². The zero-order valence-electron chi connectivity index (χ0n) is 11.1. The first-order chi connectivity index (χ1) is 7.60. The topological polar surface area (TPSA) is 41.5 Å². The molecule has 0 radical (unpaired) electrons. The fourth-order valence-electron chi connectivity index (χ4n) is 2.98. The highest BCUT2D eigenvalue weighted by Gasteiger charge is 2.52. The fourth-order valence-corrected chi connectivity index (χ4v) is 2.98. The summed E-state index contributed by atoms with van der Waals surface area (Å²) in [6.45, 7) is 9.86. The van der Waals surface area contributed by atoms with Crippen LogP contribution in [0.5, 0.6) is 0 Å². The van der Waals surface area contributed by atoms with Gasteiger partial charge in [-0.05, 0) is 33.1 Å². The Labute approximate surface area is 99.6 Å². The first kappa shape index (κ1) is 13.9. The van der Waals surface area contributed by atoms with Crippen LogP contribution in [0.1, 0.15) is 47.0 Å². The van der Waals surface area contributed by atoms with E-state index < -0.39 is 0 Å². The number of aliphatic hydroxyl groups excluding tert-OH is 1. The molecule has 1 rings (SSSR count). The van der Waals surface area contributed by atoms with Crippen molar-refractivity contribution in [2.75, 3.05) is 13.2 Å². The van der Waals surface area contributed by atoms with Crippen LogP contribution in [0, 0.1) is 5.41 Å². The van der Waals surface area contributed by atoms with Gasteiger partial charge in [-0.15, -0.1) is 0 Å². The summed E-state index contributed by atoms with van der Waals surface area (Å²) in [5, 5.41) is 12.8. The summed E-state index contributed by atoms with van der Waals surface area (Å²) >= 11 is 0. The monoisotopic (exact) mass is 229 g/mol. The molecule has 0 aromatic heterocycles. The zero-order chi connectivity index (χ0) is 12.2. The predicted molar refractivity (Wildman–Crippen MR) is 66.5 cm³/mol. The molecule has 1 saturated carbocycles. The first-order valence-electron chi connectivity index (χ1n) is 6.63. The molecule has 0 amide bonds. The van der Waals surface area contributed by atoms with Crippen LogP contribution in [0.25, 0.3) is 0 Å². The maximum absolute atomic E-state index is 9.31. The molecule has 2 N–H and O–H groups in total. The molecular formula is C13H27NO2. The number of aliphatic hydroxyl groups is 1. The van der Waals surface area contributed by atoms with Crippen molar-refractivity contribution in [3.8, 4) is 0 Å². The maximum Gasteiger partial charge on any atom is 0.0660 e. The molecular weight excluding hydrogens is 202 g/mol. The summed E-state index contributed by atoms with van der Waals surface area (Å²) in [6.07, 6.45) is 3.51. The van der Waals surface area contributed by atoms with Crippen LogP contribution in [-0.4, -0.2) is 36.5 Å². The van der Waals surface area contributed by atoms with Crippen LogP contribution in [0.3, 0.4) is 0 Å². The van der Waals surface area contributed by atoms with Gasteiger partial charge >= 0.3 is 0 Å². The average molecular weight is 229 g/mol. The van der Waals surface area contributed by atoms with E-state index >= 15 is 0 Å². The van der Waals surface area contributed by atoms with Crippen molar-refractivity contribution in [3.05, 3.63) is 0 Å². The standard InChI is InChI=1S/C13H27NO2/c1-5-13(6-2)11(14-9-10(4)15)8-12(13)16-7-3/h10-12,14-15H,5-9H2,1-4H3. The molecule has 0 spiro atoms. The molecule has 0 aliphatic heterocycles. The third-order valence-corrected chi connectivity index (χ3v) is 4.13. The van der Waals surface area contributed by atoms with Gasteiger partial charge in [0.15, 0.2) is 0 Å². The van der Waals surface area contributed by atoms with Crippen molar-refractivity contribution in [1.29, 1.82) is 0 Å². The number of hydrogen-bond donors (Lipinski definition) is 2. The third kappa shape index (κ3) is 2.58. The number of hydrogen-bond acceptors (Lipinski definition) is 3. The molecule has 1 aliphatic rings.